The van der Waals surface area contributed by atoms with Crippen LogP contribution >= 0.6 is 15.9 Å². The third kappa shape index (κ3) is 3.03. The van der Waals surface area contributed by atoms with Crippen LogP contribution in [0.1, 0.15) is 5.56 Å². The van der Waals surface area contributed by atoms with E-state index in [4.69, 9.17) is 0 Å². The van der Waals surface area contributed by atoms with Crippen molar-refractivity contribution in [3.8, 4) is 5.75 Å². The summed E-state index contributed by atoms with van der Waals surface area (Å²) in [5.74, 6) is -1.40. The lowest BCUT2D eigenvalue weighted by Crippen LogP contribution is -2.54. The molecule has 7 heteroatoms. The molecule has 2 rings (SSSR count). The summed E-state index contributed by atoms with van der Waals surface area (Å²) in [5.41, 5.74) is 0.375. The molecule has 6 nitrogen and oxygen atoms in total. The van der Waals surface area contributed by atoms with Crippen LogP contribution < -0.4 is 5.32 Å². The highest BCUT2D eigenvalue weighted by atomic mass is 79.9. The highest BCUT2D eigenvalue weighted by molar-refractivity contribution is 9.10. The number of nitrogens with one attached hydrogen (secondary N) is 1. The van der Waals surface area contributed by atoms with Gasteiger partial charge in [0.15, 0.2) is 0 Å². The largest absolute Gasteiger partial charge is 0.507 e. The fourth-order valence-electron chi connectivity index (χ4n) is 1.77. The van der Waals surface area contributed by atoms with Gasteiger partial charge >= 0.3 is 6.03 Å². The fourth-order valence-corrected chi connectivity index (χ4v) is 2.16. The molecule has 0 radical (unpaired) electrons. The van der Waals surface area contributed by atoms with Crippen molar-refractivity contribution in [2.24, 2.45) is 0 Å². The molecule has 0 spiro atoms. The van der Waals surface area contributed by atoms with Gasteiger partial charge in [-0.25, -0.2) is 4.79 Å². The highest BCUT2D eigenvalue weighted by Crippen LogP contribution is 2.25. The summed E-state index contributed by atoms with van der Waals surface area (Å²) in [7, 11) is 0. The average molecular weight is 351 g/mol. The van der Waals surface area contributed by atoms with Crippen LogP contribution in [-0.2, 0) is 9.59 Å². The molecule has 2 N–H and O–H groups in total. The number of urea groups is 1. The van der Waals surface area contributed by atoms with Gasteiger partial charge in [-0.15, -0.1) is 6.58 Å². The molecule has 1 saturated heterocycles. The van der Waals surface area contributed by atoms with Crippen molar-refractivity contribution in [2.45, 2.75) is 0 Å². The van der Waals surface area contributed by atoms with Gasteiger partial charge < -0.3 is 5.11 Å². The first kappa shape index (κ1) is 15.0. The summed E-state index contributed by atoms with van der Waals surface area (Å²) in [6.45, 7) is 3.47. The van der Waals surface area contributed by atoms with E-state index in [9.17, 15) is 19.5 Å². The van der Waals surface area contributed by atoms with Crippen molar-refractivity contribution in [2.75, 3.05) is 6.54 Å². The molecular weight excluding hydrogens is 340 g/mol. The normalized spacial score (nSPS) is 17.1. The fraction of sp³-hybridized carbons (Fsp3) is 0.0714. The second-order valence-electron chi connectivity index (χ2n) is 4.23. The van der Waals surface area contributed by atoms with E-state index in [-0.39, 0.29) is 17.9 Å². The van der Waals surface area contributed by atoms with E-state index in [0.29, 0.717) is 10.0 Å². The van der Waals surface area contributed by atoms with Gasteiger partial charge in [-0.2, -0.15) is 0 Å². The number of carbonyl (C=O) groups excluding carboxylic acids is 3. The summed E-state index contributed by atoms with van der Waals surface area (Å²) in [6.07, 6.45) is 2.74. The van der Waals surface area contributed by atoms with Gasteiger partial charge in [0.05, 0.1) is 4.47 Å². The number of barbiturate groups is 1. The maximum Gasteiger partial charge on any atom is 0.331 e. The number of halogens is 1. The maximum atomic E-state index is 12.2. The molecule has 1 fully saturated rings. The Labute approximate surface area is 128 Å². The number of carbonyl (C=O) groups is 3. The van der Waals surface area contributed by atoms with E-state index >= 15 is 0 Å². The standard InChI is InChI=1S/C14H11BrN2O4/c1-2-5-17-13(20)9(12(19)16-14(17)21)6-8-3-4-11(18)10(15)7-8/h2-4,6-7,18H,1,5H2,(H,16,19,21). The van der Waals surface area contributed by atoms with Gasteiger partial charge in [-0.3, -0.25) is 19.8 Å². The lowest BCUT2D eigenvalue weighted by atomic mass is 10.1. The van der Waals surface area contributed by atoms with E-state index in [1.54, 1.807) is 12.1 Å². The van der Waals surface area contributed by atoms with E-state index in [0.717, 1.165) is 4.90 Å². The molecule has 0 aliphatic carbocycles. The number of aromatic hydroxyl groups is 1. The van der Waals surface area contributed by atoms with Crippen LogP contribution in [-0.4, -0.2) is 34.4 Å². The molecule has 1 aliphatic heterocycles. The first-order valence-electron chi connectivity index (χ1n) is 5.92. The number of imide groups is 2. The Balaban J connectivity index is 2.40. The number of hydrogen-bond acceptors (Lipinski definition) is 4. The minimum absolute atomic E-state index is 0.00849. The van der Waals surface area contributed by atoms with Gasteiger partial charge in [0.25, 0.3) is 11.8 Å². The number of phenolic OH excluding ortho intramolecular Hbond substituents is 1. The predicted octanol–water partition coefficient (Wildman–Crippen LogP) is 1.80. The first-order chi connectivity index (χ1) is 9.93. The summed E-state index contributed by atoms with van der Waals surface area (Å²) < 4.78 is 0.430. The molecule has 21 heavy (non-hydrogen) atoms. The summed E-state index contributed by atoms with van der Waals surface area (Å²) in [4.78, 5) is 36.4. The number of amides is 4. The Bertz CT molecular complexity index is 682. The Morgan fingerprint density at radius 1 is 1.33 bits per heavy atom. The zero-order valence-corrected chi connectivity index (χ0v) is 12.4. The summed E-state index contributed by atoms with van der Waals surface area (Å²) >= 11 is 3.14. The quantitative estimate of drug-likeness (QED) is 0.494. The van der Waals surface area contributed by atoms with Crippen molar-refractivity contribution in [3.63, 3.8) is 0 Å². The Morgan fingerprint density at radius 2 is 2.05 bits per heavy atom. The Morgan fingerprint density at radius 3 is 2.67 bits per heavy atom. The van der Waals surface area contributed by atoms with Crippen molar-refractivity contribution in [3.05, 3.63) is 46.5 Å². The van der Waals surface area contributed by atoms with Crippen LogP contribution in [0.25, 0.3) is 6.08 Å². The SMILES string of the molecule is C=CCN1C(=O)NC(=O)C(=Cc2ccc(O)c(Br)c2)C1=O. The van der Waals surface area contributed by atoms with Gasteiger partial charge in [0.2, 0.25) is 0 Å². The molecule has 0 bridgehead atoms. The van der Waals surface area contributed by atoms with Crippen molar-refractivity contribution >= 4 is 39.9 Å². The van der Waals surface area contributed by atoms with Gasteiger partial charge in [-0.05, 0) is 39.7 Å². The van der Waals surface area contributed by atoms with E-state index in [1.165, 1.54) is 18.2 Å². The topological polar surface area (TPSA) is 86.7 Å². The molecule has 1 aliphatic rings. The third-order valence-corrected chi connectivity index (χ3v) is 3.42. The lowest BCUT2D eigenvalue weighted by Gasteiger charge is -2.25. The molecule has 108 valence electrons. The average Bonchev–Trinajstić information content (AvgIpc) is 2.43. The second kappa shape index (κ2) is 5.92. The second-order valence-corrected chi connectivity index (χ2v) is 5.09. The van der Waals surface area contributed by atoms with Gasteiger partial charge in [0, 0.05) is 6.54 Å². The van der Waals surface area contributed by atoms with Gasteiger partial charge in [0.1, 0.15) is 11.3 Å². The summed E-state index contributed by atoms with van der Waals surface area (Å²) in [6, 6.07) is 3.75. The minimum atomic E-state index is -0.770. The highest BCUT2D eigenvalue weighted by Gasteiger charge is 2.34. The van der Waals surface area contributed by atoms with Crippen LogP contribution in [0, 0.1) is 0 Å². The molecule has 0 atom stereocenters. The predicted molar refractivity (Wildman–Crippen MR) is 79.2 cm³/mol. The minimum Gasteiger partial charge on any atom is -0.507 e. The zero-order valence-electron chi connectivity index (χ0n) is 10.8. The molecule has 1 aromatic carbocycles. The van der Waals surface area contributed by atoms with Crippen LogP contribution in [0.15, 0.2) is 40.9 Å². The Hall–Kier alpha value is -2.41. The van der Waals surface area contributed by atoms with E-state index in [1.807, 2.05) is 0 Å². The number of nitrogens with zero attached hydrogens (tertiary/aromatic N) is 1. The van der Waals surface area contributed by atoms with Crippen LogP contribution in [0.2, 0.25) is 0 Å². The molecule has 4 amide bonds. The molecule has 1 heterocycles. The Kier molecular flexibility index (Phi) is 4.23. The maximum absolute atomic E-state index is 12.2. The number of phenols is 1. The van der Waals surface area contributed by atoms with Crippen molar-refractivity contribution in [1.29, 1.82) is 0 Å². The number of hydrogen-bond donors (Lipinski definition) is 2. The monoisotopic (exact) mass is 350 g/mol. The molecule has 0 saturated carbocycles. The number of rotatable bonds is 3. The van der Waals surface area contributed by atoms with E-state index < -0.39 is 17.8 Å². The van der Waals surface area contributed by atoms with Crippen molar-refractivity contribution < 1.29 is 19.5 Å². The molecule has 0 unspecified atom stereocenters. The third-order valence-electron chi connectivity index (χ3n) is 2.78. The smallest absolute Gasteiger partial charge is 0.331 e. The zero-order chi connectivity index (χ0) is 15.6. The van der Waals surface area contributed by atoms with E-state index in [2.05, 4.69) is 27.8 Å². The molecule has 1 aromatic rings. The lowest BCUT2D eigenvalue weighted by molar-refractivity contribution is -0.129. The number of benzene rings is 1. The van der Waals surface area contributed by atoms with Crippen LogP contribution in [0.3, 0.4) is 0 Å². The summed E-state index contributed by atoms with van der Waals surface area (Å²) in [5, 5.41) is 11.5. The van der Waals surface area contributed by atoms with Crippen LogP contribution in [0.4, 0.5) is 4.79 Å². The first-order valence-corrected chi connectivity index (χ1v) is 6.71. The van der Waals surface area contributed by atoms with Crippen molar-refractivity contribution in [1.82, 2.24) is 10.2 Å². The molecule has 0 aromatic heterocycles. The van der Waals surface area contributed by atoms with Gasteiger partial charge in [-0.1, -0.05) is 12.1 Å². The molecular formula is C14H11BrN2O4. The van der Waals surface area contributed by atoms with Crippen LogP contribution in [0.5, 0.6) is 5.75 Å².